The van der Waals surface area contributed by atoms with Crippen molar-refractivity contribution in [3.05, 3.63) is 18.2 Å². The second kappa shape index (κ2) is 5.71. The average molecular weight is 250 g/mol. The Morgan fingerprint density at radius 3 is 2.89 bits per heavy atom. The van der Waals surface area contributed by atoms with E-state index in [9.17, 15) is 4.79 Å². The van der Waals surface area contributed by atoms with Crippen LogP contribution in [0.15, 0.2) is 18.2 Å². The van der Waals surface area contributed by atoms with Crippen molar-refractivity contribution < 1.29 is 14.3 Å². The summed E-state index contributed by atoms with van der Waals surface area (Å²) in [6.07, 6.45) is 2.19. The summed E-state index contributed by atoms with van der Waals surface area (Å²) in [6, 6.07) is 5.95. The van der Waals surface area contributed by atoms with Crippen LogP contribution in [0.2, 0.25) is 0 Å². The summed E-state index contributed by atoms with van der Waals surface area (Å²) >= 11 is 0. The van der Waals surface area contributed by atoms with Crippen molar-refractivity contribution in [2.45, 2.75) is 25.8 Å². The highest BCUT2D eigenvalue weighted by Gasteiger charge is 2.31. The minimum atomic E-state index is -0.214. The maximum absolute atomic E-state index is 11.6. The molecule has 1 fully saturated rings. The van der Waals surface area contributed by atoms with E-state index in [2.05, 4.69) is 4.98 Å². The predicted octanol–water partition coefficient (Wildman–Crippen LogP) is 1.62. The highest BCUT2D eigenvalue weighted by Crippen LogP contribution is 2.31. The van der Waals surface area contributed by atoms with Crippen LogP contribution in [0.1, 0.15) is 19.8 Å². The first kappa shape index (κ1) is 12.7. The number of anilines is 1. The normalized spacial score (nSPS) is 14.1. The van der Waals surface area contributed by atoms with Gasteiger partial charge in [0.25, 0.3) is 0 Å². The predicted molar refractivity (Wildman–Crippen MR) is 67.8 cm³/mol. The number of hydrogen-bond acceptors (Lipinski definition) is 5. The lowest BCUT2D eigenvalue weighted by Gasteiger charge is -2.22. The summed E-state index contributed by atoms with van der Waals surface area (Å²) in [5, 5.41) is 0. The number of nitrogens with zero attached hydrogens (tertiary/aromatic N) is 2. The van der Waals surface area contributed by atoms with Crippen molar-refractivity contribution in [2.24, 2.45) is 0 Å². The van der Waals surface area contributed by atoms with Crippen molar-refractivity contribution >= 4 is 11.8 Å². The Morgan fingerprint density at radius 2 is 2.28 bits per heavy atom. The molecule has 0 aromatic carbocycles. The summed E-state index contributed by atoms with van der Waals surface area (Å²) in [6.45, 7) is 2.46. The first-order valence-electron chi connectivity index (χ1n) is 6.18. The summed E-state index contributed by atoms with van der Waals surface area (Å²) < 4.78 is 10.1. The molecule has 5 nitrogen and oxygen atoms in total. The summed E-state index contributed by atoms with van der Waals surface area (Å²) in [7, 11) is 1.58. The van der Waals surface area contributed by atoms with Crippen LogP contribution in [0.25, 0.3) is 0 Å². The molecule has 0 amide bonds. The van der Waals surface area contributed by atoms with Gasteiger partial charge in [-0.15, -0.1) is 0 Å². The van der Waals surface area contributed by atoms with Crippen LogP contribution in [-0.2, 0) is 9.53 Å². The fraction of sp³-hybridized carbons (Fsp3) is 0.538. The van der Waals surface area contributed by atoms with Gasteiger partial charge in [0.15, 0.2) is 0 Å². The molecule has 5 heteroatoms. The van der Waals surface area contributed by atoms with E-state index in [1.807, 2.05) is 24.0 Å². The molecule has 98 valence electrons. The van der Waals surface area contributed by atoms with Gasteiger partial charge in [-0.3, -0.25) is 4.79 Å². The third-order valence-corrected chi connectivity index (χ3v) is 2.80. The standard InChI is InChI=1S/C13H18N2O3/c1-3-18-13(16)9-15(10-7-8-10)11-5-4-6-12(14-11)17-2/h4-6,10H,3,7-9H2,1-2H3. The fourth-order valence-corrected chi connectivity index (χ4v) is 1.81. The van der Waals surface area contributed by atoms with Gasteiger partial charge in [0.1, 0.15) is 12.4 Å². The van der Waals surface area contributed by atoms with E-state index in [-0.39, 0.29) is 12.5 Å². The molecule has 1 saturated carbocycles. The summed E-state index contributed by atoms with van der Waals surface area (Å²) in [4.78, 5) is 17.9. The smallest absolute Gasteiger partial charge is 0.325 e. The Balaban J connectivity index is 2.11. The number of methoxy groups -OCH3 is 1. The molecule has 0 spiro atoms. The topological polar surface area (TPSA) is 51.7 Å². The Kier molecular flexibility index (Phi) is 4.02. The lowest BCUT2D eigenvalue weighted by molar-refractivity contribution is -0.141. The Bertz CT molecular complexity index is 418. The second-order valence-electron chi connectivity index (χ2n) is 4.20. The van der Waals surface area contributed by atoms with E-state index in [4.69, 9.17) is 9.47 Å². The highest BCUT2D eigenvalue weighted by atomic mass is 16.5. The molecule has 1 aliphatic carbocycles. The van der Waals surface area contributed by atoms with Crippen LogP contribution in [-0.4, -0.2) is 37.3 Å². The second-order valence-corrected chi connectivity index (χ2v) is 4.20. The van der Waals surface area contributed by atoms with Gasteiger partial charge in [-0.05, 0) is 25.8 Å². The molecule has 1 aromatic rings. The lowest BCUT2D eigenvalue weighted by atomic mass is 10.4. The quantitative estimate of drug-likeness (QED) is 0.718. The fourth-order valence-electron chi connectivity index (χ4n) is 1.81. The van der Waals surface area contributed by atoms with Gasteiger partial charge in [0.05, 0.1) is 13.7 Å². The minimum absolute atomic E-state index is 0.214. The average Bonchev–Trinajstić information content (AvgIpc) is 3.20. The molecule has 0 aliphatic heterocycles. The number of hydrogen-bond donors (Lipinski definition) is 0. The highest BCUT2D eigenvalue weighted by molar-refractivity contribution is 5.75. The number of ether oxygens (including phenoxy) is 2. The third kappa shape index (κ3) is 3.12. The van der Waals surface area contributed by atoms with E-state index in [0.717, 1.165) is 18.7 Å². The molecule has 0 atom stereocenters. The molecule has 1 aromatic heterocycles. The Hall–Kier alpha value is -1.78. The first-order chi connectivity index (χ1) is 8.74. The van der Waals surface area contributed by atoms with Gasteiger partial charge in [-0.2, -0.15) is 4.98 Å². The molecular formula is C13H18N2O3. The van der Waals surface area contributed by atoms with Crippen molar-refractivity contribution in [2.75, 3.05) is 25.2 Å². The lowest BCUT2D eigenvalue weighted by Crippen LogP contribution is -2.33. The SMILES string of the molecule is CCOC(=O)CN(c1cccc(OC)n1)C1CC1. The van der Waals surface area contributed by atoms with E-state index < -0.39 is 0 Å². The molecule has 0 bridgehead atoms. The van der Waals surface area contributed by atoms with Gasteiger partial charge < -0.3 is 14.4 Å². The summed E-state index contributed by atoms with van der Waals surface area (Å²) in [5.74, 6) is 1.11. The van der Waals surface area contributed by atoms with Gasteiger partial charge in [-0.1, -0.05) is 6.07 Å². The number of carbonyl (C=O) groups excluding carboxylic acids is 1. The minimum Gasteiger partial charge on any atom is -0.481 e. The van der Waals surface area contributed by atoms with E-state index in [0.29, 0.717) is 18.5 Å². The van der Waals surface area contributed by atoms with Crippen molar-refractivity contribution in [1.29, 1.82) is 0 Å². The van der Waals surface area contributed by atoms with Crippen molar-refractivity contribution in [3.8, 4) is 5.88 Å². The first-order valence-corrected chi connectivity index (χ1v) is 6.18. The molecule has 18 heavy (non-hydrogen) atoms. The van der Waals surface area contributed by atoms with Crippen molar-refractivity contribution in [3.63, 3.8) is 0 Å². The zero-order valence-electron chi connectivity index (χ0n) is 10.8. The Labute approximate surface area is 107 Å². The molecule has 1 heterocycles. The zero-order valence-corrected chi connectivity index (χ0v) is 10.8. The van der Waals surface area contributed by atoms with E-state index in [1.54, 1.807) is 13.2 Å². The van der Waals surface area contributed by atoms with Crippen LogP contribution in [0.3, 0.4) is 0 Å². The molecular weight excluding hydrogens is 232 g/mol. The Morgan fingerprint density at radius 1 is 1.50 bits per heavy atom. The number of pyridine rings is 1. The molecule has 0 radical (unpaired) electrons. The zero-order chi connectivity index (χ0) is 13.0. The number of esters is 1. The third-order valence-electron chi connectivity index (χ3n) is 2.80. The van der Waals surface area contributed by atoms with Gasteiger partial charge in [0, 0.05) is 12.1 Å². The van der Waals surface area contributed by atoms with Crippen LogP contribution >= 0.6 is 0 Å². The van der Waals surface area contributed by atoms with Gasteiger partial charge in [0.2, 0.25) is 5.88 Å². The van der Waals surface area contributed by atoms with E-state index >= 15 is 0 Å². The van der Waals surface area contributed by atoms with Crippen molar-refractivity contribution in [1.82, 2.24) is 4.98 Å². The molecule has 1 aliphatic rings. The van der Waals surface area contributed by atoms with Crippen LogP contribution < -0.4 is 9.64 Å². The van der Waals surface area contributed by atoms with Crippen LogP contribution in [0.5, 0.6) is 5.88 Å². The van der Waals surface area contributed by atoms with Crippen LogP contribution in [0.4, 0.5) is 5.82 Å². The van der Waals surface area contributed by atoms with Crippen LogP contribution in [0, 0.1) is 0 Å². The monoisotopic (exact) mass is 250 g/mol. The maximum atomic E-state index is 11.6. The molecule has 0 saturated heterocycles. The molecule has 2 rings (SSSR count). The maximum Gasteiger partial charge on any atom is 0.325 e. The number of aromatic nitrogens is 1. The number of rotatable bonds is 6. The van der Waals surface area contributed by atoms with E-state index in [1.165, 1.54) is 0 Å². The summed E-state index contributed by atoms with van der Waals surface area (Å²) in [5.41, 5.74) is 0. The molecule has 0 unspecified atom stereocenters. The molecule has 0 N–H and O–H groups in total. The number of carbonyl (C=O) groups is 1. The largest absolute Gasteiger partial charge is 0.481 e. The van der Waals surface area contributed by atoms with Gasteiger partial charge >= 0.3 is 5.97 Å². The van der Waals surface area contributed by atoms with Gasteiger partial charge in [-0.25, -0.2) is 0 Å².